The van der Waals surface area contributed by atoms with E-state index in [0.29, 0.717) is 25.9 Å². The maximum atomic E-state index is 12.2. The summed E-state index contributed by atoms with van der Waals surface area (Å²) >= 11 is 5.99. The lowest BCUT2D eigenvalue weighted by atomic mass is 10.1. The maximum absolute atomic E-state index is 12.2. The predicted octanol–water partition coefficient (Wildman–Crippen LogP) is 2.86. The zero-order valence-corrected chi connectivity index (χ0v) is 15.5. The van der Waals surface area contributed by atoms with Gasteiger partial charge >= 0.3 is 0 Å². The molecule has 1 aromatic carbocycles. The van der Waals surface area contributed by atoms with Crippen LogP contribution in [-0.2, 0) is 21.1 Å². The normalized spacial score (nSPS) is 15.8. The molecule has 1 aromatic rings. The van der Waals surface area contributed by atoms with Crippen molar-refractivity contribution >= 4 is 27.3 Å². The molecule has 1 saturated heterocycles. The summed E-state index contributed by atoms with van der Waals surface area (Å²) in [6, 6.07) is 5.76. The van der Waals surface area contributed by atoms with E-state index in [9.17, 15) is 13.2 Å². The summed E-state index contributed by atoms with van der Waals surface area (Å²) in [6.07, 6.45) is 1.05. The largest absolute Gasteiger partial charge is 0.340 e. The Morgan fingerprint density at radius 2 is 2.00 bits per heavy atom. The lowest BCUT2D eigenvalue weighted by Crippen LogP contribution is -2.57. The summed E-state index contributed by atoms with van der Waals surface area (Å²) in [5.41, 5.74) is 2.07. The van der Waals surface area contributed by atoms with Gasteiger partial charge in [0.15, 0.2) is 9.84 Å². The molecule has 128 valence electrons. The van der Waals surface area contributed by atoms with Gasteiger partial charge in [-0.3, -0.25) is 4.79 Å². The van der Waals surface area contributed by atoms with Gasteiger partial charge in [-0.1, -0.05) is 37.6 Å². The van der Waals surface area contributed by atoms with E-state index in [0.717, 1.165) is 16.1 Å². The molecule has 0 bridgehead atoms. The Morgan fingerprint density at radius 1 is 1.35 bits per heavy atom. The zero-order chi connectivity index (χ0) is 17.2. The van der Waals surface area contributed by atoms with Crippen LogP contribution in [0.3, 0.4) is 0 Å². The molecule has 6 heteroatoms. The van der Waals surface area contributed by atoms with Crippen LogP contribution in [0.5, 0.6) is 0 Å². The Balaban J connectivity index is 1.81. The van der Waals surface area contributed by atoms with Gasteiger partial charge in [0.2, 0.25) is 5.91 Å². The number of sulfone groups is 1. The number of carbonyl (C=O) groups is 1. The second-order valence-electron chi connectivity index (χ2n) is 6.73. The van der Waals surface area contributed by atoms with Crippen molar-refractivity contribution in [3.8, 4) is 0 Å². The Labute approximate surface area is 143 Å². The molecule has 1 aliphatic rings. The number of amides is 1. The van der Waals surface area contributed by atoms with E-state index in [1.807, 2.05) is 39.0 Å². The van der Waals surface area contributed by atoms with Crippen LogP contribution in [0.2, 0.25) is 5.02 Å². The highest BCUT2D eigenvalue weighted by Gasteiger charge is 2.39. The van der Waals surface area contributed by atoms with Crippen LogP contribution in [0.1, 0.15) is 31.4 Å². The number of likely N-dealkylation sites (tertiary alicyclic amines) is 1. The van der Waals surface area contributed by atoms with Crippen LogP contribution in [0.4, 0.5) is 0 Å². The lowest BCUT2D eigenvalue weighted by molar-refractivity contribution is -0.134. The van der Waals surface area contributed by atoms with E-state index in [1.165, 1.54) is 0 Å². The van der Waals surface area contributed by atoms with Gasteiger partial charge in [-0.05, 0) is 36.5 Å². The predicted molar refractivity (Wildman–Crippen MR) is 93.5 cm³/mol. The van der Waals surface area contributed by atoms with Crippen molar-refractivity contribution in [2.24, 2.45) is 5.92 Å². The Hall–Kier alpha value is -1.07. The third kappa shape index (κ3) is 4.70. The fourth-order valence-electron chi connectivity index (χ4n) is 2.74. The number of hydrogen-bond donors (Lipinski definition) is 0. The molecule has 1 aliphatic heterocycles. The first-order valence-electron chi connectivity index (χ1n) is 7.93. The highest BCUT2D eigenvalue weighted by molar-refractivity contribution is 7.92. The summed E-state index contributed by atoms with van der Waals surface area (Å²) in [4.78, 5) is 13.8. The first-order chi connectivity index (χ1) is 10.7. The summed E-state index contributed by atoms with van der Waals surface area (Å²) in [7, 11) is -3.08. The lowest BCUT2D eigenvalue weighted by Gasteiger charge is -2.39. The standard InChI is InChI=1S/C17H24ClNO3S/c1-12(2)11-23(21,22)15-9-19(10-15)17(20)7-5-14-4-6-16(18)13(3)8-14/h4,6,8,12,15H,5,7,9-11H2,1-3H3. The number of benzene rings is 1. The fourth-order valence-corrected chi connectivity index (χ4v) is 4.87. The molecule has 2 rings (SSSR count). The molecular weight excluding hydrogens is 334 g/mol. The van der Waals surface area contributed by atoms with Crippen LogP contribution < -0.4 is 0 Å². The number of halogens is 1. The van der Waals surface area contributed by atoms with E-state index < -0.39 is 9.84 Å². The van der Waals surface area contributed by atoms with Crippen LogP contribution in [0.15, 0.2) is 18.2 Å². The van der Waals surface area contributed by atoms with Crippen molar-refractivity contribution in [3.05, 3.63) is 34.3 Å². The average molecular weight is 358 g/mol. The molecule has 4 nitrogen and oxygen atoms in total. The Morgan fingerprint density at radius 3 is 2.57 bits per heavy atom. The Bertz CT molecular complexity index is 679. The molecule has 0 saturated carbocycles. The zero-order valence-electron chi connectivity index (χ0n) is 13.9. The highest BCUT2D eigenvalue weighted by Crippen LogP contribution is 2.21. The van der Waals surface area contributed by atoms with Crippen molar-refractivity contribution in [3.63, 3.8) is 0 Å². The molecule has 0 atom stereocenters. The van der Waals surface area contributed by atoms with Gasteiger partial charge in [-0.15, -0.1) is 0 Å². The molecular formula is C17H24ClNO3S. The van der Waals surface area contributed by atoms with Gasteiger partial charge in [0.1, 0.15) is 0 Å². The van der Waals surface area contributed by atoms with Crippen LogP contribution in [-0.4, -0.2) is 43.3 Å². The van der Waals surface area contributed by atoms with Gasteiger partial charge in [0, 0.05) is 24.5 Å². The van der Waals surface area contributed by atoms with E-state index >= 15 is 0 Å². The van der Waals surface area contributed by atoms with Crippen LogP contribution in [0.25, 0.3) is 0 Å². The SMILES string of the molecule is Cc1cc(CCC(=O)N2CC(S(=O)(=O)CC(C)C)C2)ccc1Cl. The summed E-state index contributed by atoms with van der Waals surface area (Å²) < 4.78 is 24.2. The molecule has 0 aromatic heterocycles. The first kappa shape index (κ1) is 18.3. The van der Waals surface area contributed by atoms with E-state index in [4.69, 9.17) is 11.6 Å². The van der Waals surface area contributed by atoms with Gasteiger partial charge in [-0.2, -0.15) is 0 Å². The Kier molecular flexibility index (Phi) is 5.74. The molecule has 0 aliphatic carbocycles. The second-order valence-corrected chi connectivity index (χ2v) is 9.46. The minimum absolute atomic E-state index is 0.0219. The van der Waals surface area contributed by atoms with Crippen molar-refractivity contribution in [2.45, 2.75) is 38.9 Å². The number of rotatable bonds is 6. The number of aryl methyl sites for hydroxylation is 2. The molecule has 0 N–H and O–H groups in total. The molecule has 23 heavy (non-hydrogen) atoms. The summed E-state index contributed by atoms with van der Waals surface area (Å²) in [6.45, 7) is 6.41. The summed E-state index contributed by atoms with van der Waals surface area (Å²) in [5.74, 6) is 0.343. The van der Waals surface area contributed by atoms with Gasteiger partial charge in [-0.25, -0.2) is 8.42 Å². The highest BCUT2D eigenvalue weighted by atomic mass is 35.5. The quantitative estimate of drug-likeness (QED) is 0.786. The molecule has 1 fully saturated rings. The molecule has 0 unspecified atom stereocenters. The molecule has 0 spiro atoms. The first-order valence-corrected chi connectivity index (χ1v) is 10.0. The number of nitrogens with zero attached hydrogens (tertiary/aromatic N) is 1. The van der Waals surface area contributed by atoms with Crippen molar-refractivity contribution in [1.82, 2.24) is 4.90 Å². The fraction of sp³-hybridized carbons (Fsp3) is 0.588. The van der Waals surface area contributed by atoms with Gasteiger partial charge in [0.25, 0.3) is 0 Å². The second kappa shape index (κ2) is 7.22. The summed E-state index contributed by atoms with van der Waals surface area (Å²) in [5, 5.41) is 0.340. The smallest absolute Gasteiger partial charge is 0.222 e. The topological polar surface area (TPSA) is 54.5 Å². The monoisotopic (exact) mass is 357 g/mol. The minimum Gasteiger partial charge on any atom is -0.340 e. The van der Waals surface area contributed by atoms with Crippen molar-refractivity contribution in [2.75, 3.05) is 18.8 Å². The van der Waals surface area contributed by atoms with Crippen molar-refractivity contribution in [1.29, 1.82) is 0 Å². The van der Waals surface area contributed by atoms with E-state index in [1.54, 1.807) is 4.90 Å². The minimum atomic E-state index is -3.08. The third-order valence-corrected chi connectivity index (χ3v) is 6.99. The average Bonchev–Trinajstić information content (AvgIpc) is 2.36. The molecule has 1 heterocycles. The van der Waals surface area contributed by atoms with Crippen molar-refractivity contribution < 1.29 is 13.2 Å². The third-order valence-electron chi connectivity index (χ3n) is 4.12. The van der Waals surface area contributed by atoms with Gasteiger partial charge in [0.05, 0.1) is 11.0 Å². The van der Waals surface area contributed by atoms with E-state index in [2.05, 4.69) is 0 Å². The number of carbonyl (C=O) groups excluding carboxylic acids is 1. The molecule has 0 radical (unpaired) electrons. The number of hydrogen-bond acceptors (Lipinski definition) is 3. The van der Waals surface area contributed by atoms with Gasteiger partial charge < -0.3 is 4.90 Å². The maximum Gasteiger partial charge on any atom is 0.222 e. The molecule has 1 amide bonds. The van der Waals surface area contributed by atoms with Crippen LogP contribution in [0, 0.1) is 12.8 Å². The van der Waals surface area contributed by atoms with E-state index in [-0.39, 0.29) is 22.8 Å². The van der Waals surface area contributed by atoms with Crippen LogP contribution >= 0.6 is 11.6 Å².